The second kappa shape index (κ2) is 4.60. The molecule has 1 amide bonds. The minimum absolute atomic E-state index is 0.128. The molecule has 8 heteroatoms. The molecule has 17 heavy (non-hydrogen) atoms. The van der Waals surface area contributed by atoms with Crippen molar-refractivity contribution in [3.63, 3.8) is 0 Å². The number of thiophene rings is 1. The molecular weight excluding hydrogens is 262 g/mol. The van der Waals surface area contributed by atoms with Gasteiger partial charge in [0.15, 0.2) is 0 Å². The second-order valence-corrected chi connectivity index (χ2v) is 5.31. The maximum atomic E-state index is 11.7. The van der Waals surface area contributed by atoms with Crippen molar-refractivity contribution >= 4 is 39.7 Å². The Bertz CT molecular complexity index is 576. The number of carbonyl (C=O) groups excluding carboxylic acids is 1. The van der Waals surface area contributed by atoms with E-state index >= 15 is 0 Å². The van der Waals surface area contributed by atoms with Crippen LogP contribution in [0.1, 0.15) is 24.4 Å². The highest BCUT2D eigenvalue weighted by molar-refractivity contribution is 7.16. The standard InChI is InChI=1S/C9H7N3O3S2/c1-4-11-12-9(16-4)10-7(13)5-2-3-6(17-5)8(14)15/h2-3H,1H3,(H,14,15)(H,10,12,13). The van der Waals surface area contributed by atoms with Crippen molar-refractivity contribution in [1.29, 1.82) is 0 Å². The number of aromatic carboxylic acids is 1. The van der Waals surface area contributed by atoms with Gasteiger partial charge in [0.25, 0.3) is 5.91 Å². The molecule has 0 aliphatic rings. The fourth-order valence-corrected chi connectivity index (χ4v) is 2.41. The summed E-state index contributed by atoms with van der Waals surface area (Å²) in [5.74, 6) is -1.42. The van der Waals surface area contributed by atoms with Crippen LogP contribution in [0.2, 0.25) is 0 Å². The third-order valence-corrected chi connectivity index (χ3v) is 3.61. The van der Waals surface area contributed by atoms with E-state index in [0.29, 0.717) is 10.0 Å². The van der Waals surface area contributed by atoms with Gasteiger partial charge in [-0.3, -0.25) is 10.1 Å². The summed E-state index contributed by atoms with van der Waals surface area (Å²) >= 11 is 2.18. The normalized spacial score (nSPS) is 10.2. The van der Waals surface area contributed by atoms with E-state index in [4.69, 9.17) is 5.11 Å². The number of anilines is 1. The zero-order chi connectivity index (χ0) is 12.4. The molecular formula is C9H7N3O3S2. The van der Waals surface area contributed by atoms with Crippen LogP contribution < -0.4 is 5.32 Å². The van der Waals surface area contributed by atoms with E-state index in [1.54, 1.807) is 6.92 Å². The first-order valence-electron chi connectivity index (χ1n) is 4.51. The van der Waals surface area contributed by atoms with Gasteiger partial charge in [0, 0.05) is 0 Å². The van der Waals surface area contributed by atoms with Gasteiger partial charge >= 0.3 is 5.97 Å². The van der Waals surface area contributed by atoms with Crippen LogP contribution >= 0.6 is 22.7 Å². The number of amides is 1. The quantitative estimate of drug-likeness (QED) is 0.887. The van der Waals surface area contributed by atoms with Gasteiger partial charge in [-0.2, -0.15) is 0 Å². The molecule has 0 aromatic carbocycles. The zero-order valence-corrected chi connectivity index (χ0v) is 10.3. The minimum atomic E-state index is -1.04. The summed E-state index contributed by atoms with van der Waals surface area (Å²) in [7, 11) is 0. The topological polar surface area (TPSA) is 92.2 Å². The molecule has 0 radical (unpaired) electrons. The van der Waals surface area contributed by atoms with E-state index in [1.165, 1.54) is 23.5 Å². The van der Waals surface area contributed by atoms with Crippen molar-refractivity contribution < 1.29 is 14.7 Å². The number of rotatable bonds is 3. The molecule has 0 bridgehead atoms. The Morgan fingerprint density at radius 2 is 1.94 bits per heavy atom. The lowest BCUT2D eigenvalue weighted by atomic mass is 10.4. The largest absolute Gasteiger partial charge is 0.477 e. The molecule has 0 unspecified atom stereocenters. The van der Waals surface area contributed by atoms with Gasteiger partial charge in [-0.1, -0.05) is 11.3 Å². The van der Waals surface area contributed by atoms with Gasteiger partial charge in [-0.25, -0.2) is 4.79 Å². The highest BCUT2D eigenvalue weighted by atomic mass is 32.1. The van der Waals surface area contributed by atoms with Crippen LogP contribution in [-0.4, -0.2) is 27.2 Å². The fraction of sp³-hybridized carbons (Fsp3) is 0.111. The van der Waals surface area contributed by atoms with E-state index in [1.807, 2.05) is 0 Å². The van der Waals surface area contributed by atoms with E-state index in [9.17, 15) is 9.59 Å². The number of carbonyl (C=O) groups is 2. The van der Waals surface area contributed by atoms with Crippen molar-refractivity contribution in [3.05, 3.63) is 26.9 Å². The van der Waals surface area contributed by atoms with Crippen LogP contribution in [0.4, 0.5) is 5.13 Å². The molecule has 0 fully saturated rings. The van der Waals surface area contributed by atoms with Crippen molar-refractivity contribution in [3.8, 4) is 0 Å². The Morgan fingerprint density at radius 3 is 2.47 bits per heavy atom. The molecule has 2 aromatic rings. The maximum absolute atomic E-state index is 11.7. The first-order valence-corrected chi connectivity index (χ1v) is 6.14. The number of aryl methyl sites for hydroxylation is 1. The van der Waals surface area contributed by atoms with Gasteiger partial charge < -0.3 is 5.11 Å². The highest BCUT2D eigenvalue weighted by Crippen LogP contribution is 2.19. The predicted molar refractivity (Wildman–Crippen MR) is 63.9 cm³/mol. The average molecular weight is 269 g/mol. The van der Waals surface area contributed by atoms with E-state index in [-0.39, 0.29) is 10.8 Å². The van der Waals surface area contributed by atoms with E-state index in [0.717, 1.165) is 16.3 Å². The molecule has 2 N–H and O–H groups in total. The molecule has 0 saturated carbocycles. The van der Waals surface area contributed by atoms with Crippen molar-refractivity contribution in [1.82, 2.24) is 10.2 Å². The lowest BCUT2D eigenvalue weighted by Gasteiger charge is -1.96. The second-order valence-electron chi connectivity index (χ2n) is 3.05. The first kappa shape index (κ1) is 11.7. The molecule has 2 heterocycles. The van der Waals surface area contributed by atoms with Crippen LogP contribution in [-0.2, 0) is 0 Å². The van der Waals surface area contributed by atoms with Crippen LogP contribution in [0.25, 0.3) is 0 Å². The molecule has 0 saturated heterocycles. The number of carboxylic acids is 1. The number of hydrogen-bond acceptors (Lipinski definition) is 6. The summed E-state index contributed by atoms with van der Waals surface area (Å²) in [5, 5.41) is 19.9. The summed E-state index contributed by atoms with van der Waals surface area (Å²) in [6.07, 6.45) is 0. The highest BCUT2D eigenvalue weighted by Gasteiger charge is 2.14. The average Bonchev–Trinajstić information content (AvgIpc) is 2.86. The third kappa shape index (κ3) is 2.66. The summed E-state index contributed by atoms with van der Waals surface area (Å²) in [6, 6.07) is 2.87. The Balaban J connectivity index is 2.11. The molecule has 0 aliphatic carbocycles. The van der Waals surface area contributed by atoms with E-state index in [2.05, 4.69) is 15.5 Å². The number of hydrogen-bond donors (Lipinski definition) is 2. The molecule has 88 valence electrons. The molecule has 2 rings (SSSR count). The van der Waals surface area contributed by atoms with Gasteiger partial charge in [-0.15, -0.1) is 21.5 Å². The SMILES string of the molecule is Cc1nnc(NC(=O)c2ccc(C(=O)O)s2)s1. The summed E-state index contributed by atoms with van der Waals surface area (Å²) in [4.78, 5) is 22.8. The first-order chi connectivity index (χ1) is 8.06. The predicted octanol–water partition coefficient (Wildman–Crippen LogP) is 1.86. The number of carboxylic acid groups (broad SMARTS) is 1. The Hall–Kier alpha value is -1.80. The summed E-state index contributed by atoms with van der Waals surface area (Å²) in [5.41, 5.74) is 0. The number of nitrogens with zero attached hydrogens (tertiary/aromatic N) is 2. The third-order valence-electron chi connectivity index (χ3n) is 1.79. The van der Waals surface area contributed by atoms with Crippen molar-refractivity contribution in [2.45, 2.75) is 6.92 Å². The maximum Gasteiger partial charge on any atom is 0.345 e. The van der Waals surface area contributed by atoms with Gasteiger partial charge in [0.05, 0.1) is 4.88 Å². The van der Waals surface area contributed by atoms with Gasteiger partial charge in [-0.05, 0) is 19.1 Å². The van der Waals surface area contributed by atoms with Gasteiger partial charge in [0.2, 0.25) is 5.13 Å². The minimum Gasteiger partial charge on any atom is -0.477 e. The smallest absolute Gasteiger partial charge is 0.345 e. The van der Waals surface area contributed by atoms with Crippen LogP contribution in [0, 0.1) is 6.92 Å². The molecule has 0 spiro atoms. The molecule has 6 nitrogen and oxygen atoms in total. The Kier molecular flexibility index (Phi) is 3.16. The molecule has 0 aliphatic heterocycles. The van der Waals surface area contributed by atoms with Crippen molar-refractivity contribution in [2.24, 2.45) is 0 Å². The van der Waals surface area contributed by atoms with Crippen LogP contribution in [0.15, 0.2) is 12.1 Å². The summed E-state index contributed by atoms with van der Waals surface area (Å²) < 4.78 is 0. The van der Waals surface area contributed by atoms with E-state index < -0.39 is 5.97 Å². The zero-order valence-electron chi connectivity index (χ0n) is 8.63. The Morgan fingerprint density at radius 1 is 1.24 bits per heavy atom. The van der Waals surface area contributed by atoms with Crippen molar-refractivity contribution in [2.75, 3.05) is 5.32 Å². The van der Waals surface area contributed by atoms with Gasteiger partial charge in [0.1, 0.15) is 9.88 Å². The monoisotopic (exact) mass is 269 g/mol. The van der Waals surface area contributed by atoms with Crippen LogP contribution in [0.3, 0.4) is 0 Å². The van der Waals surface area contributed by atoms with Crippen LogP contribution in [0.5, 0.6) is 0 Å². The number of aromatic nitrogens is 2. The molecule has 2 aromatic heterocycles. The Labute approximate surface area is 104 Å². The summed E-state index contributed by atoms with van der Waals surface area (Å²) in [6.45, 7) is 1.78. The number of nitrogens with one attached hydrogen (secondary N) is 1. The molecule has 0 atom stereocenters. The lowest BCUT2D eigenvalue weighted by molar-refractivity contribution is 0.0702. The fourth-order valence-electron chi connectivity index (χ4n) is 1.08. The lowest BCUT2D eigenvalue weighted by Crippen LogP contribution is -2.09.